The molecule has 1 saturated heterocycles. The zero-order valence-electron chi connectivity index (χ0n) is 14.7. The monoisotopic (exact) mass is 372 g/mol. The van der Waals surface area contributed by atoms with Crippen LogP contribution >= 0.6 is 0 Å². The number of hydrogen-bond acceptors (Lipinski definition) is 3. The van der Waals surface area contributed by atoms with Crippen molar-refractivity contribution in [2.45, 2.75) is 36.6 Å². The molecular formula is C20H24N2O3S. The average Bonchev–Trinajstić information content (AvgIpc) is 2.69. The molecule has 0 spiro atoms. The molecule has 6 heteroatoms. The van der Waals surface area contributed by atoms with Crippen LogP contribution in [-0.2, 0) is 21.2 Å². The van der Waals surface area contributed by atoms with E-state index < -0.39 is 16.1 Å². The van der Waals surface area contributed by atoms with E-state index in [4.69, 9.17) is 0 Å². The maximum absolute atomic E-state index is 13.0. The minimum absolute atomic E-state index is 0.145. The zero-order chi connectivity index (χ0) is 18.4. The Kier molecular flexibility index (Phi) is 6.06. The lowest BCUT2D eigenvalue weighted by atomic mass is 10.0. The Bertz CT molecular complexity index is 817. The second-order valence-corrected chi connectivity index (χ2v) is 8.28. The number of nitrogens with zero attached hydrogens (tertiary/aromatic N) is 1. The first-order chi connectivity index (χ1) is 12.6. The fraction of sp³-hybridized carbons (Fsp3) is 0.350. The fourth-order valence-corrected chi connectivity index (χ4v) is 4.43. The fourth-order valence-electron chi connectivity index (χ4n) is 3.22. The molecule has 0 radical (unpaired) electrons. The quantitative estimate of drug-likeness (QED) is 0.848. The van der Waals surface area contributed by atoms with Crippen LogP contribution in [0.3, 0.4) is 0 Å². The Labute approximate surface area is 155 Å². The van der Waals surface area contributed by atoms with Gasteiger partial charge in [-0.2, -0.15) is 4.72 Å². The smallest absolute Gasteiger partial charge is 0.241 e. The molecule has 1 atom stereocenters. The summed E-state index contributed by atoms with van der Waals surface area (Å²) in [5, 5.41) is 0. The molecule has 3 rings (SSSR count). The zero-order valence-corrected chi connectivity index (χ0v) is 15.5. The minimum Gasteiger partial charge on any atom is -0.341 e. The summed E-state index contributed by atoms with van der Waals surface area (Å²) in [6.45, 7) is 1.38. The Hall–Kier alpha value is -2.18. The Morgan fingerprint density at radius 3 is 2.12 bits per heavy atom. The molecule has 1 heterocycles. The molecule has 0 aromatic heterocycles. The first kappa shape index (κ1) is 18.6. The molecule has 1 aliphatic rings. The number of likely N-dealkylation sites (tertiary alicyclic amines) is 1. The van der Waals surface area contributed by atoms with Gasteiger partial charge in [0.1, 0.15) is 6.04 Å². The second-order valence-electron chi connectivity index (χ2n) is 6.56. The molecule has 0 bridgehead atoms. The van der Waals surface area contributed by atoms with Crippen molar-refractivity contribution in [3.05, 3.63) is 66.2 Å². The molecule has 1 amide bonds. The lowest BCUT2D eigenvalue weighted by molar-refractivity contribution is -0.133. The van der Waals surface area contributed by atoms with E-state index in [2.05, 4.69) is 4.72 Å². The Balaban J connectivity index is 1.83. The van der Waals surface area contributed by atoms with Gasteiger partial charge in [0.2, 0.25) is 15.9 Å². The van der Waals surface area contributed by atoms with Crippen LogP contribution in [0.4, 0.5) is 0 Å². The van der Waals surface area contributed by atoms with E-state index in [1.165, 1.54) is 12.1 Å². The largest absolute Gasteiger partial charge is 0.341 e. The second kappa shape index (κ2) is 8.47. The predicted molar refractivity (Wildman–Crippen MR) is 101 cm³/mol. The van der Waals surface area contributed by atoms with E-state index in [0.29, 0.717) is 19.5 Å². The summed E-state index contributed by atoms with van der Waals surface area (Å²) < 4.78 is 28.1. The summed E-state index contributed by atoms with van der Waals surface area (Å²) in [6.07, 6.45) is 3.38. The summed E-state index contributed by atoms with van der Waals surface area (Å²) in [5.41, 5.74) is 0.929. The number of rotatable bonds is 6. The molecule has 1 N–H and O–H groups in total. The topological polar surface area (TPSA) is 66.5 Å². The highest BCUT2D eigenvalue weighted by Crippen LogP contribution is 2.15. The van der Waals surface area contributed by atoms with E-state index in [-0.39, 0.29) is 10.8 Å². The molecule has 1 aliphatic heterocycles. The summed E-state index contributed by atoms with van der Waals surface area (Å²) in [7, 11) is -3.76. The van der Waals surface area contributed by atoms with Crippen LogP contribution in [0.15, 0.2) is 65.6 Å². The normalized spacial score (nSPS) is 16.2. The molecule has 26 heavy (non-hydrogen) atoms. The van der Waals surface area contributed by atoms with Crippen molar-refractivity contribution in [3.8, 4) is 0 Å². The molecule has 1 fully saturated rings. The van der Waals surface area contributed by atoms with Crippen molar-refractivity contribution in [3.63, 3.8) is 0 Å². The summed E-state index contributed by atoms with van der Waals surface area (Å²) in [5.74, 6) is -0.145. The highest BCUT2D eigenvalue weighted by atomic mass is 32.2. The maximum Gasteiger partial charge on any atom is 0.241 e. The number of nitrogens with one attached hydrogen (secondary N) is 1. The van der Waals surface area contributed by atoms with Crippen LogP contribution in [0.5, 0.6) is 0 Å². The van der Waals surface area contributed by atoms with Crippen LogP contribution in [0, 0.1) is 0 Å². The first-order valence-corrected chi connectivity index (χ1v) is 10.4. The first-order valence-electron chi connectivity index (χ1n) is 8.96. The Morgan fingerprint density at radius 1 is 0.923 bits per heavy atom. The van der Waals surface area contributed by atoms with Crippen molar-refractivity contribution in [1.82, 2.24) is 9.62 Å². The number of amides is 1. The lowest BCUT2D eigenvalue weighted by Gasteiger charge is -2.30. The lowest BCUT2D eigenvalue weighted by Crippen LogP contribution is -2.50. The van der Waals surface area contributed by atoms with Gasteiger partial charge >= 0.3 is 0 Å². The SMILES string of the molecule is O=C([C@H](Cc1ccccc1)NS(=O)(=O)c1ccccc1)N1CCCCC1. The number of piperidine rings is 1. The molecule has 5 nitrogen and oxygen atoms in total. The number of carbonyl (C=O) groups is 1. The highest BCUT2D eigenvalue weighted by molar-refractivity contribution is 7.89. The third-order valence-electron chi connectivity index (χ3n) is 4.60. The molecule has 2 aromatic rings. The van der Waals surface area contributed by atoms with E-state index in [0.717, 1.165) is 24.8 Å². The van der Waals surface area contributed by atoms with Gasteiger partial charge in [0.05, 0.1) is 4.90 Å². The van der Waals surface area contributed by atoms with Crippen LogP contribution in [0.25, 0.3) is 0 Å². The van der Waals surface area contributed by atoms with Crippen molar-refractivity contribution >= 4 is 15.9 Å². The maximum atomic E-state index is 13.0. The number of hydrogen-bond donors (Lipinski definition) is 1. The molecule has 0 saturated carbocycles. The molecular weight excluding hydrogens is 348 g/mol. The van der Waals surface area contributed by atoms with Gasteiger partial charge < -0.3 is 4.90 Å². The molecule has 138 valence electrons. The standard InChI is InChI=1S/C20H24N2O3S/c23-20(22-14-8-3-9-15-22)19(16-17-10-4-1-5-11-17)21-26(24,25)18-12-6-2-7-13-18/h1-2,4-7,10-13,19,21H,3,8-9,14-16H2/t19-/m0/s1. The van der Waals surface area contributed by atoms with Gasteiger partial charge in [-0.25, -0.2) is 8.42 Å². The number of sulfonamides is 1. The van der Waals surface area contributed by atoms with Gasteiger partial charge in [-0.1, -0.05) is 48.5 Å². The summed E-state index contributed by atoms with van der Waals surface area (Å²) >= 11 is 0. The van der Waals surface area contributed by atoms with Crippen molar-refractivity contribution in [1.29, 1.82) is 0 Å². The highest BCUT2D eigenvalue weighted by Gasteiger charge is 2.30. The molecule has 0 aliphatic carbocycles. The predicted octanol–water partition coefficient (Wildman–Crippen LogP) is 2.59. The van der Waals surface area contributed by atoms with Crippen LogP contribution in [0.1, 0.15) is 24.8 Å². The van der Waals surface area contributed by atoms with Crippen LogP contribution in [-0.4, -0.2) is 38.4 Å². The van der Waals surface area contributed by atoms with Gasteiger partial charge in [-0.3, -0.25) is 4.79 Å². The van der Waals surface area contributed by atoms with Gasteiger partial charge in [0.25, 0.3) is 0 Å². The molecule has 0 unspecified atom stereocenters. The van der Waals surface area contributed by atoms with Crippen LogP contribution < -0.4 is 4.72 Å². The summed E-state index contributed by atoms with van der Waals surface area (Å²) in [4.78, 5) is 15.0. The van der Waals surface area contributed by atoms with Crippen molar-refractivity contribution in [2.75, 3.05) is 13.1 Å². The van der Waals surface area contributed by atoms with E-state index in [9.17, 15) is 13.2 Å². The number of benzene rings is 2. The van der Waals surface area contributed by atoms with Crippen molar-refractivity contribution < 1.29 is 13.2 Å². The summed E-state index contributed by atoms with van der Waals surface area (Å²) in [6, 6.07) is 16.9. The van der Waals surface area contributed by atoms with Gasteiger partial charge in [-0.15, -0.1) is 0 Å². The van der Waals surface area contributed by atoms with E-state index in [1.54, 1.807) is 23.1 Å². The number of carbonyl (C=O) groups excluding carboxylic acids is 1. The van der Waals surface area contributed by atoms with Crippen LogP contribution in [0.2, 0.25) is 0 Å². The van der Waals surface area contributed by atoms with Gasteiger partial charge in [0.15, 0.2) is 0 Å². The van der Waals surface area contributed by atoms with E-state index >= 15 is 0 Å². The minimum atomic E-state index is -3.76. The van der Waals surface area contributed by atoms with E-state index in [1.807, 2.05) is 30.3 Å². The Morgan fingerprint density at radius 2 is 1.50 bits per heavy atom. The average molecular weight is 372 g/mol. The van der Waals surface area contributed by atoms with Gasteiger partial charge in [0, 0.05) is 13.1 Å². The third-order valence-corrected chi connectivity index (χ3v) is 6.09. The molecule has 2 aromatic carbocycles. The van der Waals surface area contributed by atoms with Gasteiger partial charge in [-0.05, 0) is 43.4 Å². The van der Waals surface area contributed by atoms with Crippen molar-refractivity contribution in [2.24, 2.45) is 0 Å². The third kappa shape index (κ3) is 4.71.